The van der Waals surface area contributed by atoms with Crippen molar-refractivity contribution in [2.24, 2.45) is 5.41 Å². The van der Waals surface area contributed by atoms with Crippen LogP contribution in [0.5, 0.6) is 5.75 Å². The molecular weight excluding hydrogens is 612 g/mol. The average Bonchev–Trinajstić information content (AvgIpc) is 3.25. The number of hydrogen-bond donors (Lipinski definition) is 0. The minimum Gasteiger partial charge on any atom is -0.496 e. The van der Waals surface area contributed by atoms with E-state index in [0.717, 1.165) is 15.7 Å². The van der Waals surface area contributed by atoms with Crippen molar-refractivity contribution >= 4 is 55.4 Å². The monoisotopic (exact) mass is 634 g/mol. The van der Waals surface area contributed by atoms with E-state index in [4.69, 9.17) is 9.47 Å². The van der Waals surface area contributed by atoms with Crippen LogP contribution in [0.3, 0.4) is 0 Å². The summed E-state index contributed by atoms with van der Waals surface area (Å²) in [5, 5.41) is 10.8. The summed E-state index contributed by atoms with van der Waals surface area (Å²) in [6.07, 6.45) is 3.77. The van der Waals surface area contributed by atoms with Crippen LogP contribution in [-0.4, -0.2) is 37.6 Å². The maximum absolute atomic E-state index is 14.5. The number of ether oxygens (including phenoxy) is 2. The lowest BCUT2D eigenvalue weighted by molar-refractivity contribution is -0.152. The quantitative estimate of drug-likeness (QED) is 0.226. The number of rotatable bonds is 6. The molecule has 2 aliphatic heterocycles. The first-order chi connectivity index (χ1) is 18.4. The summed E-state index contributed by atoms with van der Waals surface area (Å²) >= 11 is 6.97. The molecule has 0 N–H and O–H groups in total. The summed E-state index contributed by atoms with van der Waals surface area (Å²) in [7, 11) is 1.56. The van der Waals surface area contributed by atoms with Crippen molar-refractivity contribution in [2.45, 2.75) is 24.9 Å². The SMILES string of the molecule is CCOC(=O)[C@]1(C#N)[C@@H]2C=Cc3ccccc3N2[C@@H](C(=O)c2ccc(OC)c(Br)c2)[C@@H]1c1ccc(Br)cc1. The number of carbonyl (C=O) groups is 2. The van der Waals surface area contributed by atoms with E-state index in [2.05, 4.69) is 37.9 Å². The van der Waals surface area contributed by atoms with Gasteiger partial charge in [0.2, 0.25) is 0 Å². The Balaban J connectivity index is 1.79. The Morgan fingerprint density at radius 2 is 1.82 bits per heavy atom. The number of fused-ring (bicyclic) bond motifs is 3. The topological polar surface area (TPSA) is 79.6 Å². The smallest absolute Gasteiger partial charge is 0.329 e. The lowest BCUT2D eigenvalue weighted by atomic mass is 9.68. The molecule has 1 fully saturated rings. The molecule has 0 radical (unpaired) electrons. The van der Waals surface area contributed by atoms with Gasteiger partial charge in [-0.2, -0.15) is 5.26 Å². The molecule has 192 valence electrons. The summed E-state index contributed by atoms with van der Waals surface area (Å²) in [6, 6.07) is 21.1. The Kier molecular flexibility index (Phi) is 7.17. The number of halogens is 2. The van der Waals surface area contributed by atoms with Gasteiger partial charge in [-0.05, 0) is 70.4 Å². The van der Waals surface area contributed by atoms with Crippen LogP contribution >= 0.6 is 31.9 Å². The lowest BCUT2D eigenvalue weighted by Gasteiger charge is -2.36. The van der Waals surface area contributed by atoms with Gasteiger partial charge in [-0.25, -0.2) is 0 Å². The number of carbonyl (C=O) groups excluding carboxylic acids is 2. The van der Waals surface area contributed by atoms with Crippen molar-refractivity contribution in [3.8, 4) is 11.8 Å². The van der Waals surface area contributed by atoms with E-state index in [1.54, 1.807) is 32.2 Å². The van der Waals surface area contributed by atoms with E-state index in [-0.39, 0.29) is 12.4 Å². The molecule has 8 heteroatoms. The lowest BCUT2D eigenvalue weighted by Crippen LogP contribution is -2.47. The second kappa shape index (κ2) is 10.4. The predicted octanol–water partition coefficient (Wildman–Crippen LogP) is 6.54. The molecule has 0 saturated carbocycles. The molecule has 0 bridgehead atoms. The summed E-state index contributed by atoms with van der Waals surface area (Å²) in [5.41, 5.74) is 1.17. The number of nitrogens with zero attached hydrogens (tertiary/aromatic N) is 2. The van der Waals surface area contributed by atoms with Crippen molar-refractivity contribution < 1.29 is 19.1 Å². The third-order valence-electron chi connectivity index (χ3n) is 7.28. The van der Waals surface area contributed by atoms with Gasteiger partial charge in [0.05, 0.1) is 30.3 Å². The maximum atomic E-state index is 14.5. The molecule has 2 heterocycles. The molecule has 0 spiro atoms. The van der Waals surface area contributed by atoms with Crippen LogP contribution in [0.25, 0.3) is 6.08 Å². The van der Waals surface area contributed by atoms with Gasteiger partial charge in [-0.15, -0.1) is 0 Å². The zero-order valence-electron chi connectivity index (χ0n) is 20.7. The van der Waals surface area contributed by atoms with Crippen molar-refractivity contribution in [3.05, 3.63) is 98.4 Å². The molecule has 3 aromatic carbocycles. The number of hydrogen-bond acceptors (Lipinski definition) is 6. The standard InChI is InChI=1S/C30H24Br2N2O4/c1-3-38-29(36)30(17-33)25-15-11-18-6-4-5-7-23(18)34(25)27(26(30)19-8-12-21(31)13-9-19)28(35)20-10-14-24(37-2)22(32)16-20/h4-16,25-27H,3H2,1-2H3/t25-,26-,27+,30+/m0/s1. The fraction of sp³-hybridized carbons (Fsp3) is 0.233. The molecule has 6 nitrogen and oxygen atoms in total. The summed E-state index contributed by atoms with van der Waals surface area (Å²) in [5.74, 6) is -1.06. The number of Topliss-reactive ketones (excluding diaryl/α,β-unsaturated/α-hetero) is 1. The molecule has 2 aliphatic rings. The van der Waals surface area contributed by atoms with Crippen LogP contribution in [0.15, 0.2) is 81.8 Å². The van der Waals surface area contributed by atoms with E-state index in [1.165, 1.54) is 0 Å². The Morgan fingerprint density at radius 3 is 2.47 bits per heavy atom. The summed E-state index contributed by atoms with van der Waals surface area (Å²) < 4.78 is 12.4. The van der Waals surface area contributed by atoms with Gasteiger partial charge in [0.15, 0.2) is 11.2 Å². The first kappa shape index (κ1) is 26.2. The maximum Gasteiger partial charge on any atom is 0.329 e. The fourth-order valence-corrected chi connectivity index (χ4v) is 6.46. The van der Waals surface area contributed by atoms with Gasteiger partial charge in [-0.3, -0.25) is 9.59 Å². The van der Waals surface area contributed by atoms with Crippen molar-refractivity contribution in [1.29, 1.82) is 5.26 Å². The normalized spacial score (nSPS) is 23.2. The first-order valence-electron chi connectivity index (χ1n) is 12.1. The highest BCUT2D eigenvalue weighted by atomic mass is 79.9. The van der Waals surface area contributed by atoms with Gasteiger partial charge in [0.1, 0.15) is 11.8 Å². The Morgan fingerprint density at radius 1 is 1.08 bits per heavy atom. The largest absolute Gasteiger partial charge is 0.496 e. The van der Waals surface area contributed by atoms with E-state index in [0.29, 0.717) is 21.3 Å². The zero-order valence-corrected chi connectivity index (χ0v) is 23.9. The number of methoxy groups -OCH3 is 1. The highest BCUT2D eigenvalue weighted by molar-refractivity contribution is 9.10. The molecule has 1 saturated heterocycles. The van der Waals surface area contributed by atoms with Crippen LogP contribution in [0.2, 0.25) is 0 Å². The predicted molar refractivity (Wildman–Crippen MR) is 152 cm³/mol. The molecule has 5 rings (SSSR count). The van der Waals surface area contributed by atoms with Gasteiger partial charge in [0, 0.05) is 21.6 Å². The summed E-state index contributed by atoms with van der Waals surface area (Å²) in [4.78, 5) is 30.2. The molecule has 0 aromatic heterocycles. The van der Waals surface area contributed by atoms with E-state index in [9.17, 15) is 14.9 Å². The molecule has 4 atom stereocenters. The van der Waals surface area contributed by atoms with Crippen molar-refractivity contribution in [2.75, 3.05) is 18.6 Å². The second-order valence-electron chi connectivity index (χ2n) is 9.16. The number of benzene rings is 3. The van der Waals surface area contributed by atoms with Gasteiger partial charge in [-0.1, -0.05) is 58.4 Å². The highest BCUT2D eigenvalue weighted by Crippen LogP contribution is 2.56. The Labute approximate surface area is 238 Å². The average molecular weight is 636 g/mol. The molecule has 0 aliphatic carbocycles. The van der Waals surface area contributed by atoms with Gasteiger partial charge < -0.3 is 14.4 Å². The van der Waals surface area contributed by atoms with Gasteiger partial charge in [0.25, 0.3) is 0 Å². The second-order valence-corrected chi connectivity index (χ2v) is 10.9. The Hall–Kier alpha value is -3.41. The number of para-hydroxylation sites is 1. The van der Waals surface area contributed by atoms with Crippen LogP contribution in [0.1, 0.15) is 34.3 Å². The number of nitriles is 1. The number of ketones is 1. The highest BCUT2D eigenvalue weighted by Gasteiger charge is 2.67. The van der Waals surface area contributed by atoms with Crippen molar-refractivity contribution in [3.63, 3.8) is 0 Å². The molecule has 3 aromatic rings. The third-order valence-corrected chi connectivity index (χ3v) is 8.43. The minimum absolute atomic E-state index is 0.117. The van der Waals surface area contributed by atoms with E-state index in [1.807, 2.05) is 65.6 Å². The van der Waals surface area contributed by atoms with Gasteiger partial charge >= 0.3 is 5.97 Å². The summed E-state index contributed by atoms with van der Waals surface area (Å²) in [6.45, 7) is 1.83. The number of anilines is 1. The molecule has 38 heavy (non-hydrogen) atoms. The first-order valence-corrected chi connectivity index (χ1v) is 13.7. The Bertz CT molecular complexity index is 1480. The zero-order chi connectivity index (χ0) is 27.0. The molecular formula is C30H24Br2N2O4. The van der Waals surface area contributed by atoms with Crippen molar-refractivity contribution in [1.82, 2.24) is 0 Å². The third kappa shape index (κ3) is 4.05. The molecule has 0 amide bonds. The van der Waals surface area contributed by atoms with Crippen LogP contribution in [0, 0.1) is 16.7 Å². The minimum atomic E-state index is -1.67. The van der Waals surface area contributed by atoms with Crippen LogP contribution < -0.4 is 9.64 Å². The van der Waals surface area contributed by atoms with E-state index < -0.39 is 29.4 Å². The van der Waals surface area contributed by atoms with Crippen LogP contribution in [-0.2, 0) is 9.53 Å². The van der Waals surface area contributed by atoms with E-state index >= 15 is 0 Å². The number of esters is 1. The molecule has 0 unspecified atom stereocenters. The fourth-order valence-electron chi connectivity index (χ4n) is 5.65. The van der Waals surface area contributed by atoms with Crippen LogP contribution in [0.4, 0.5) is 5.69 Å².